The largest absolute Gasteiger partial charge is 0.354 e. The van der Waals surface area contributed by atoms with Gasteiger partial charge in [0.05, 0.1) is 21.4 Å². The molecule has 0 aliphatic rings. The molecule has 0 amide bonds. The van der Waals surface area contributed by atoms with Crippen molar-refractivity contribution in [2.75, 3.05) is 0 Å². The second-order valence-electron chi connectivity index (χ2n) is 7.41. The van der Waals surface area contributed by atoms with Crippen LogP contribution in [0.15, 0.2) is 63.0 Å². The summed E-state index contributed by atoms with van der Waals surface area (Å²) in [6.07, 6.45) is 0. The van der Waals surface area contributed by atoms with Crippen molar-refractivity contribution in [3.05, 3.63) is 74.5 Å². The van der Waals surface area contributed by atoms with Gasteiger partial charge in [-0.15, -0.1) is 0 Å². The van der Waals surface area contributed by atoms with Crippen LogP contribution in [0.2, 0.25) is 0 Å². The Hall–Kier alpha value is -3.49. The Labute approximate surface area is 169 Å². The highest BCUT2D eigenvalue weighted by atomic mass is 32.2. The quantitative estimate of drug-likeness (QED) is 0.320. The number of benzene rings is 3. The van der Waals surface area contributed by atoms with Crippen LogP contribution in [0.4, 0.5) is 0 Å². The molecule has 8 heteroatoms. The maximum absolute atomic E-state index is 13.3. The molecule has 0 aliphatic heterocycles. The Morgan fingerprint density at radius 1 is 0.867 bits per heavy atom. The van der Waals surface area contributed by atoms with Crippen molar-refractivity contribution in [1.82, 2.24) is 9.55 Å². The first-order valence-electron chi connectivity index (χ1n) is 9.16. The van der Waals surface area contributed by atoms with E-state index in [1.165, 1.54) is 12.1 Å². The van der Waals surface area contributed by atoms with Crippen LogP contribution in [0, 0.1) is 6.92 Å². The van der Waals surface area contributed by atoms with E-state index in [1.54, 1.807) is 48.9 Å². The topological polar surface area (TPSA) is 109 Å². The third-order valence-corrected chi connectivity index (χ3v) is 6.43. The first-order chi connectivity index (χ1) is 14.2. The number of H-pyrrole nitrogens is 1. The van der Waals surface area contributed by atoms with E-state index in [9.17, 15) is 22.6 Å². The molecule has 2 aromatic heterocycles. The summed E-state index contributed by atoms with van der Waals surface area (Å²) in [7, 11) is -2.74. The van der Waals surface area contributed by atoms with Crippen molar-refractivity contribution in [2.45, 2.75) is 11.8 Å². The predicted molar refractivity (Wildman–Crippen MR) is 117 cm³/mol. The summed E-state index contributed by atoms with van der Waals surface area (Å²) < 4.78 is 34.4. The van der Waals surface area contributed by atoms with Crippen molar-refractivity contribution >= 4 is 53.7 Å². The molecule has 0 fully saturated rings. The first kappa shape index (κ1) is 18.5. The normalized spacial score (nSPS) is 12.4. The van der Waals surface area contributed by atoms with Crippen LogP contribution in [0.5, 0.6) is 0 Å². The lowest BCUT2D eigenvalue weighted by molar-refractivity contribution is 0.483. The number of nitrogens with zero attached hydrogens (tertiary/aromatic N) is 1. The third-order valence-electron chi connectivity index (χ3n) is 5.60. The molecule has 0 atom stereocenters. The maximum atomic E-state index is 13.3. The number of hydrogen-bond donors (Lipinski definition) is 2. The minimum absolute atomic E-state index is 0.156. The number of aromatic amines is 1. The van der Waals surface area contributed by atoms with Crippen molar-refractivity contribution in [1.29, 1.82) is 0 Å². The van der Waals surface area contributed by atoms with Crippen LogP contribution < -0.4 is 10.9 Å². The van der Waals surface area contributed by atoms with Crippen LogP contribution in [-0.4, -0.2) is 22.5 Å². The van der Waals surface area contributed by atoms with Crippen LogP contribution >= 0.6 is 0 Å². The van der Waals surface area contributed by atoms with Gasteiger partial charge in [0.2, 0.25) is 0 Å². The highest BCUT2D eigenvalue weighted by Crippen LogP contribution is 2.26. The molecule has 2 heterocycles. The number of fused-ring (bicyclic) bond motifs is 4. The van der Waals surface area contributed by atoms with Crippen molar-refractivity contribution in [2.24, 2.45) is 7.05 Å². The van der Waals surface area contributed by atoms with Gasteiger partial charge in [-0.3, -0.25) is 14.1 Å². The number of hydrogen-bond acceptors (Lipinski definition) is 4. The smallest absolute Gasteiger partial charge is 0.294 e. The number of nitrogens with one attached hydrogen (secondary N) is 1. The standard InChI is InChI=1S/C22H16N2O5S/c1-11-7-12(30(27,28)29)8-19-20(11)22(26)15-9-17-14(10-18(15)24(19)2)21(25)13-5-3-4-6-16(13)23-17/h3-10H,1-2H3,(H,23,25)(H,27,28,29). The molecule has 0 saturated carbocycles. The van der Waals surface area contributed by atoms with Gasteiger partial charge >= 0.3 is 0 Å². The average molecular weight is 420 g/mol. The molecular formula is C22H16N2O5S. The number of rotatable bonds is 1. The fourth-order valence-corrected chi connectivity index (χ4v) is 4.71. The number of pyridine rings is 2. The zero-order valence-corrected chi connectivity index (χ0v) is 16.9. The summed E-state index contributed by atoms with van der Waals surface area (Å²) in [6.45, 7) is 1.63. The van der Waals surface area contributed by atoms with Crippen LogP contribution in [0.1, 0.15) is 5.56 Å². The molecule has 3 aromatic carbocycles. The van der Waals surface area contributed by atoms with Crippen LogP contribution in [0.25, 0.3) is 43.6 Å². The Morgan fingerprint density at radius 3 is 2.33 bits per heavy atom. The molecule has 5 aromatic rings. The van der Waals surface area contributed by atoms with E-state index in [-0.39, 0.29) is 15.8 Å². The van der Waals surface area contributed by atoms with Crippen molar-refractivity contribution < 1.29 is 13.0 Å². The molecule has 0 bridgehead atoms. The van der Waals surface area contributed by atoms with Crippen LogP contribution in [-0.2, 0) is 17.2 Å². The zero-order valence-electron chi connectivity index (χ0n) is 16.1. The predicted octanol–water partition coefficient (Wildman–Crippen LogP) is 3.24. The van der Waals surface area contributed by atoms with Gasteiger partial charge in [0.15, 0.2) is 10.9 Å². The average Bonchev–Trinajstić information content (AvgIpc) is 2.70. The fraction of sp³-hybridized carbons (Fsp3) is 0.0909. The molecule has 0 unspecified atom stereocenters. The second kappa shape index (κ2) is 6.01. The van der Waals surface area contributed by atoms with Gasteiger partial charge in [-0.2, -0.15) is 8.42 Å². The highest BCUT2D eigenvalue weighted by Gasteiger charge is 2.18. The fourth-order valence-electron chi connectivity index (χ4n) is 4.13. The Morgan fingerprint density at radius 2 is 1.60 bits per heavy atom. The van der Waals surface area contributed by atoms with Gasteiger partial charge in [0.1, 0.15) is 0 Å². The Kier molecular flexibility index (Phi) is 3.71. The minimum Gasteiger partial charge on any atom is -0.354 e. The number of aromatic nitrogens is 2. The van der Waals surface area contributed by atoms with Gasteiger partial charge in [0.25, 0.3) is 10.1 Å². The third kappa shape index (κ3) is 2.51. The summed E-state index contributed by atoms with van der Waals surface area (Å²) in [5.41, 5.74) is 2.10. The second-order valence-corrected chi connectivity index (χ2v) is 8.83. The van der Waals surface area contributed by atoms with E-state index >= 15 is 0 Å². The molecule has 5 rings (SSSR count). The number of aryl methyl sites for hydroxylation is 2. The lowest BCUT2D eigenvalue weighted by atomic mass is 10.0. The molecule has 0 saturated heterocycles. The SMILES string of the molecule is Cc1cc(S(=O)(=O)O)cc2c1c(=O)c1cc3[nH]c4ccccc4c(=O)c3cc1n2C. The Balaban J connectivity index is 2.03. The minimum atomic E-state index is -4.44. The Bertz CT molecular complexity index is 1780. The van der Waals surface area contributed by atoms with Crippen molar-refractivity contribution in [3.8, 4) is 0 Å². The van der Waals surface area contributed by atoms with E-state index in [0.717, 1.165) is 0 Å². The van der Waals surface area contributed by atoms with Gasteiger partial charge in [-0.05, 0) is 48.9 Å². The van der Waals surface area contributed by atoms with Gasteiger partial charge < -0.3 is 9.55 Å². The van der Waals surface area contributed by atoms with E-state index in [4.69, 9.17) is 0 Å². The molecule has 0 spiro atoms. The highest BCUT2D eigenvalue weighted by molar-refractivity contribution is 7.85. The van der Waals surface area contributed by atoms with Gasteiger partial charge in [-0.1, -0.05) is 12.1 Å². The summed E-state index contributed by atoms with van der Waals surface area (Å²) in [5, 5.41) is 1.74. The molecule has 7 nitrogen and oxygen atoms in total. The lowest BCUT2D eigenvalue weighted by Gasteiger charge is -2.14. The molecule has 30 heavy (non-hydrogen) atoms. The van der Waals surface area contributed by atoms with E-state index in [2.05, 4.69) is 4.98 Å². The molecule has 0 radical (unpaired) electrons. The summed E-state index contributed by atoms with van der Waals surface area (Å²) >= 11 is 0. The summed E-state index contributed by atoms with van der Waals surface area (Å²) in [4.78, 5) is 29.2. The number of para-hydroxylation sites is 1. The van der Waals surface area contributed by atoms with E-state index < -0.39 is 10.1 Å². The summed E-state index contributed by atoms with van der Waals surface area (Å²) in [6, 6.07) is 13.0. The maximum Gasteiger partial charge on any atom is 0.294 e. The molecule has 0 aliphatic carbocycles. The van der Waals surface area contributed by atoms with Crippen molar-refractivity contribution in [3.63, 3.8) is 0 Å². The lowest BCUT2D eigenvalue weighted by Crippen LogP contribution is -2.13. The first-order valence-corrected chi connectivity index (χ1v) is 10.6. The van der Waals surface area contributed by atoms with E-state index in [0.29, 0.717) is 49.2 Å². The molecule has 150 valence electrons. The molecule has 2 N–H and O–H groups in total. The van der Waals surface area contributed by atoms with E-state index in [1.807, 2.05) is 6.07 Å². The monoisotopic (exact) mass is 420 g/mol. The summed E-state index contributed by atoms with van der Waals surface area (Å²) in [5.74, 6) is 0. The molecular weight excluding hydrogens is 404 g/mol. The van der Waals surface area contributed by atoms with Gasteiger partial charge in [0, 0.05) is 34.1 Å². The zero-order chi connectivity index (χ0) is 21.4. The van der Waals surface area contributed by atoms with Gasteiger partial charge in [-0.25, -0.2) is 0 Å². The van der Waals surface area contributed by atoms with Crippen LogP contribution in [0.3, 0.4) is 0 Å².